The van der Waals surface area contributed by atoms with E-state index in [1.165, 1.54) is 12.2 Å². The molecule has 424 valence electrons. The molecule has 0 fully saturated rings. The van der Waals surface area contributed by atoms with E-state index in [1.54, 1.807) is 36.4 Å². The van der Waals surface area contributed by atoms with E-state index in [0.717, 1.165) is 128 Å². The van der Waals surface area contributed by atoms with Crippen molar-refractivity contribution < 1.29 is 57.0 Å². The van der Waals surface area contributed by atoms with Gasteiger partial charge in [-0.05, 0) is 126 Å². The lowest BCUT2D eigenvalue weighted by Gasteiger charge is -2.20. The average molecular weight is 1060 g/mol. The summed E-state index contributed by atoms with van der Waals surface area (Å²) >= 11 is 0. The predicted octanol–water partition coefficient (Wildman–Crippen LogP) is 16.9. The number of carbonyl (C=O) groups is 3. The highest BCUT2D eigenvalue weighted by molar-refractivity contribution is 5.90. The molecule has 3 aromatic rings. The average Bonchev–Trinajstić information content (AvgIpc) is 3.42. The van der Waals surface area contributed by atoms with Crippen LogP contribution in [0, 0.1) is 5.41 Å². The quantitative estimate of drug-likeness (QED) is 0.0231. The number of benzene rings is 3. The van der Waals surface area contributed by atoms with E-state index in [1.807, 2.05) is 45.0 Å². The Labute approximate surface area is 457 Å². The molecule has 0 N–H and O–H groups in total. The highest BCUT2D eigenvalue weighted by Gasteiger charge is 2.27. The van der Waals surface area contributed by atoms with E-state index in [2.05, 4.69) is 34.6 Å². The van der Waals surface area contributed by atoms with Crippen LogP contribution in [0.3, 0.4) is 0 Å². The molecule has 0 aliphatic heterocycles. The fourth-order valence-corrected chi connectivity index (χ4v) is 7.79. The van der Waals surface area contributed by atoms with E-state index >= 15 is 0 Å². The Morgan fingerprint density at radius 1 is 0.382 bits per heavy atom. The zero-order valence-electron chi connectivity index (χ0n) is 48.0. The second-order valence-electron chi connectivity index (χ2n) is 20.1. The van der Waals surface area contributed by atoms with Crippen molar-refractivity contribution in [3.05, 3.63) is 71.8 Å². The van der Waals surface area contributed by atoms with Crippen LogP contribution >= 0.6 is 0 Å². The van der Waals surface area contributed by atoms with Crippen LogP contribution < -0.4 is 37.9 Å². The monoisotopic (exact) mass is 1060 g/mol. The smallest absolute Gasteiger partial charge is 0.336 e. The Bertz CT molecular complexity index is 2120. The molecule has 0 spiro atoms. The lowest BCUT2D eigenvalue weighted by Crippen LogP contribution is -2.26. The summed E-state index contributed by atoms with van der Waals surface area (Å²) in [5, 5.41) is 0. The highest BCUT2D eigenvalue weighted by Crippen LogP contribution is 2.43. The first kappa shape index (κ1) is 64.6. The second kappa shape index (κ2) is 39.7. The minimum atomic E-state index is -0.604. The molecule has 0 atom stereocenters. The van der Waals surface area contributed by atoms with Crippen molar-refractivity contribution in [1.82, 2.24) is 0 Å². The molecule has 3 rings (SSSR count). The maximum Gasteiger partial charge on any atom is 0.336 e. The molecule has 0 aliphatic rings. The van der Waals surface area contributed by atoms with Gasteiger partial charge >= 0.3 is 17.9 Å². The topological polar surface area (TPSA) is 134 Å². The first-order chi connectivity index (χ1) is 37.0. The molecule has 0 amide bonds. The predicted molar refractivity (Wildman–Crippen MR) is 307 cm³/mol. The largest absolute Gasteiger partial charge is 0.490 e. The van der Waals surface area contributed by atoms with Crippen LogP contribution in [0.4, 0.5) is 0 Å². The lowest BCUT2D eigenvalue weighted by atomic mass is 9.91. The first-order valence-corrected chi connectivity index (χ1v) is 29.2. The van der Waals surface area contributed by atoms with Gasteiger partial charge in [0, 0.05) is 23.3 Å². The number of esters is 3. The van der Waals surface area contributed by atoms with Gasteiger partial charge in [-0.15, -0.1) is 0 Å². The van der Waals surface area contributed by atoms with Crippen LogP contribution in [0.1, 0.15) is 214 Å². The second-order valence-corrected chi connectivity index (χ2v) is 20.1. The van der Waals surface area contributed by atoms with Crippen molar-refractivity contribution in [2.45, 2.75) is 203 Å². The molecule has 76 heavy (non-hydrogen) atoms. The number of hydrogen-bond donors (Lipinski definition) is 0. The van der Waals surface area contributed by atoms with E-state index < -0.39 is 17.4 Å². The molecule has 0 bridgehead atoms. The molecule has 0 aromatic heterocycles. The molecule has 0 radical (unpaired) electrons. The van der Waals surface area contributed by atoms with Gasteiger partial charge in [-0.2, -0.15) is 0 Å². The molecule has 3 aromatic carbocycles. The van der Waals surface area contributed by atoms with Crippen molar-refractivity contribution in [3.8, 4) is 46.0 Å². The van der Waals surface area contributed by atoms with Crippen LogP contribution in [-0.2, 0) is 19.1 Å². The summed E-state index contributed by atoms with van der Waals surface area (Å²) in [5.74, 6) is 2.48. The summed E-state index contributed by atoms with van der Waals surface area (Å²) < 4.78 is 55.2. The maximum atomic E-state index is 13.3. The molecule has 0 unspecified atom stereocenters. The van der Waals surface area contributed by atoms with E-state index in [-0.39, 0.29) is 17.5 Å². The van der Waals surface area contributed by atoms with Crippen LogP contribution in [0.5, 0.6) is 46.0 Å². The number of ether oxygens (including phenoxy) is 9. The molecule has 12 nitrogen and oxygen atoms in total. The van der Waals surface area contributed by atoms with E-state index in [9.17, 15) is 14.4 Å². The Balaban J connectivity index is 1.77. The minimum absolute atomic E-state index is 0.192. The fraction of sp³-hybridized carbons (Fsp3) is 0.609. The molecule has 0 saturated heterocycles. The van der Waals surface area contributed by atoms with Gasteiger partial charge in [0.25, 0.3) is 0 Å². The van der Waals surface area contributed by atoms with Gasteiger partial charge in [0.2, 0.25) is 11.5 Å². The summed E-state index contributed by atoms with van der Waals surface area (Å²) in [6, 6.07) is 13.8. The number of hydrogen-bond acceptors (Lipinski definition) is 12. The molecule has 12 heteroatoms. The van der Waals surface area contributed by atoms with Gasteiger partial charge in [-0.1, -0.05) is 138 Å². The van der Waals surface area contributed by atoms with Gasteiger partial charge in [-0.25, -0.2) is 9.59 Å². The third-order valence-electron chi connectivity index (χ3n) is 13.0. The Morgan fingerprint density at radius 3 is 1.04 bits per heavy atom. The van der Waals surface area contributed by atoms with Crippen LogP contribution in [0.15, 0.2) is 60.7 Å². The number of rotatable bonds is 44. The number of carbonyl (C=O) groups excluding carboxylic acids is 3. The standard InChI is InChI=1S/C64H96O12/c1-9-15-20-25-44-68-55-40-32-51(59(70-46-26-21-16-10-2)61(55)72-48-28-23-18-12-4)34-42-57(65)75-53-36-38-54(39-37-53)76-58(66)43-35-52-33-41-56(69-45-30-31-50-74-63(67)64(7,8)14-6)62(73-49-29-24-19-13-5)60(52)71-47-27-22-17-11-3/h32-43H,9-31,44-50H2,1-8H3. The Kier molecular flexibility index (Phi) is 33.8. The zero-order valence-corrected chi connectivity index (χ0v) is 48.0. The van der Waals surface area contributed by atoms with Crippen molar-refractivity contribution in [3.63, 3.8) is 0 Å². The highest BCUT2D eigenvalue weighted by atomic mass is 16.6. The van der Waals surface area contributed by atoms with Gasteiger partial charge < -0.3 is 42.6 Å². The van der Waals surface area contributed by atoms with Crippen molar-refractivity contribution in [2.24, 2.45) is 5.41 Å². The van der Waals surface area contributed by atoms with E-state index in [0.29, 0.717) is 111 Å². The molecule has 0 heterocycles. The normalized spacial score (nSPS) is 11.5. The van der Waals surface area contributed by atoms with Crippen molar-refractivity contribution in [2.75, 3.05) is 46.2 Å². The molecule has 0 aliphatic carbocycles. The summed E-state index contributed by atoms with van der Waals surface area (Å²) in [6.07, 6.45) is 29.2. The number of unbranched alkanes of at least 4 members (excludes halogenated alkanes) is 16. The Morgan fingerprint density at radius 2 is 0.697 bits per heavy atom. The summed E-state index contributed by atoms with van der Waals surface area (Å²) in [4.78, 5) is 39.0. The van der Waals surface area contributed by atoms with Gasteiger partial charge in [0.15, 0.2) is 23.0 Å². The van der Waals surface area contributed by atoms with E-state index in [4.69, 9.17) is 42.6 Å². The molecule has 0 saturated carbocycles. The first-order valence-electron chi connectivity index (χ1n) is 29.2. The van der Waals surface area contributed by atoms with Crippen LogP contribution in [0.2, 0.25) is 0 Å². The van der Waals surface area contributed by atoms with Gasteiger partial charge in [-0.3, -0.25) is 4.79 Å². The molecular formula is C64H96O12. The molecular weight excluding hydrogens is 961 g/mol. The lowest BCUT2D eigenvalue weighted by molar-refractivity contribution is -0.154. The van der Waals surface area contributed by atoms with Crippen molar-refractivity contribution >= 4 is 30.1 Å². The SMILES string of the molecule is CCCCCCOc1ccc(C=CC(=O)Oc2ccc(OC(=O)C=Cc3ccc(OCCCCOC(=O)C(C)(C)CC)c(OCCCCCC)c3OCCCCCC)cc2)c(OCCCCCC)c1OCCCCCC. The van der Waals surface area contributed by atoms with Gasteiger partial charge in [0.1, 0.15) is 11.5 Å². The summed E-state index contributed by atoms with van der Waals surface area (Å²) in [6.45, 7) is 20.0. The van der Waals surface area contributed by atoms with Crippen LogP contribution in [-0.4, -0.2) is 64.2 Å². The third kappa shape index (κ3) is 25.9. The summed E-state index contributed by atoms with van der Waals surface area (Å²) in [7, 11) is 0. The third-order valence-corrected chi connectivity index (χ3v) is 13.0. The van der Waals surface area contributed by atoms with Crippen molar-refractivity contribution in [1.29, 1.82) is 0 Å². The minimum Gasteiger partial charge on any atom is -0.490 e. The van der Waals surface area contributed by atoms with Gasteiger partial charge in [0.05, 0.1) is 51.7 Å². The maximum absolute atomic E-state index is 13.3. The van der Waals surface area contributed by atoms with Crippen LogP contribution in [0.25, 0.3) is 12.2 Å². The Hall–Kier alpha value is -5.65. The fourth-order valence-electron chi connectivity index (χ4n) is 7.79. The zero-order chi connectivity index (χ0) is 55.1. The summed E-state index contributed by atoms with van der Waals surface area (Å²) in [5.41, 5.74) is 0.818.